The molecule has 0 unspecified atom stereocenters. The molecule has 1 nitrogen and oxygen atoms in total. The standard InChI is InChI=1S/C10H8N/c1-8-4-5-10-9(7-8)3-2-6-11-10/h2-4,6-7H,1H3. The Morgan fingerprint density at radius 3 is 3.27 bits per heavy atom. The number of aryl methyl sites for hydroxylation is 1. The maximum atomic E-state index is 4.17. The summed E-state index contributed by atoms with van der Waals surface area (Å²) in [6.07, 6.45) is 1.79. The Kier molecular flexibility index (Phi) is 1.35. The van der Waals surface area contributed by atoms with Gasteiger partial charge in [-0.25, -0.2) is 0 Å². The minimum absolute atomic E-state index is 0.943. The fourth-order valence-corrected chi connectivity index (χ4v) is 1.12. The number of hydrogen-bond acceptors (Lipinski definition) is 1. The van der Waals surface area contributed by atoms with Crippen LogP contribution in [0.1, 0.15) is 5.56 Å². The van der Waals surface area contributed by atoms with Crippen LogP contribution in [0.25, 0.3) is 10.9 Å². The van der Waals surface area contributed by atoms with Gasteiger partial charge in [-0.1, -0.05) is 6.07 Å². The monoisotopic (exact) mass is 142 g/mol. The first-order valence-corrected chi connectivity index (χ1v) is 3.59. The summed E-state index contributed by atoms with van der Waals surface area (Å²) in [6, 6.07) is 11.2. The van der Waals surface area contributed by atoms with E-state index in [1.54, 1.807) is 6.20 Å². The second kappa shape index (κ2) is 2.35. The van der Waals surface area contributed by atoms with Crippen LogP contribution in [0.4, 0.5) is 0 Å². The highest BCUT2D eigenvalue weighted by Crippen LogP contribution is 2.11. The van der Waals surface area contributed by atoms with Crippen LogP contribution < -0.4 is 0 Å². The Hall–Kier alpha value is -1.37. The van der Waals surface area contributed by atoms with Crippen molar-refractivity contribution in [2.45, 2.75) is 6.92 Å². The molecule has 1 heterocycles. The van der Waals surface area contributed by atoms with Gasteiger partial charge >= 0.3 is 0 Å². The quantitative estimate of drug-likeness (QED) is 0.550. The second-order valence-corrected chi connectivity index (χ2v) is 2.62. The molecule has 0 saturated heterocycles. The summed E-state index contributed by atoms with van der Waals surface area (Å²) in [5, 5.41) is 1.16. The summed E-state index contributed by atoms with van der Waals surface area (Å²) >= 11 is 0. The van der Waals surface area contributed by atoms with E-state index in [1.165, 1.54) is 5.56 Å². The van der Waals surface area contributed by atoms with E-state index in [4.69, 9.17) is 0 Å². The predicted molar refractivity (Wildman–Crippen MR) is 45.3 cm³/mol. The number of nitrogens with zero attached hydrogens (tertiary/aromatic N) is 1. The van der Waals surface area contributed by atoms with Crippen molar-refractivity contribution in [1.29, 1.82) is 0 Å². The molecule has 11 heavy (non-hydrogen) atoms. The summed E-state index contributed by atoms with van der Waals surface area (Å²) in [5.41, 5.74) is 2.17. The molecule has 1 aromatic heterocycles. The third kappa shape index (κ3) is 1.09. The van der Waals surface area contributed by atoms with Crippen molar-refractivity contribution < 1.29 is 0 Å². The van der Waals surface area contributed by atoms with Crippen molar-refractivity contribution in [3.05, 3.63) is 42.1 Å². The summed E-state index contributed by atoms with van der Waals surface area (Å²) in [5.74, 6) is 0. The van der Waals surface area contributed by atoms with E-state index in [0.717, 1.165) is 10.9 Å². The second-order valence-electron chi connectivity index (χ2n) is 2.62. The first-order chi connectivity index (χ1) is 5.36. The highest BCUT2D eigenvalue weighted by molar-refractivity contribution is 5.78. The Morgan fingerprint density at radius 2 is 2.36 bits per heavy atom. The van der Waals surface area contributed by atoms with E-state index in [9.17, 15) is 0 Å². The van der Waals surface area contributed by atoms with Crippen LogP contribution in [0.2, 0.25) is 0 Å². The number of fused-ring (bicyclic) bond motifs is 1. The molecule has 0 atom stereocenters. The van der Waals surface area contributed by atoms with Crippen molar-refractivity contribution in [3.63, 3.8) is 0 Å². The topological polar surface area (TPSA) is 12.9 Å². The molecule has 0 aliphatic heterocycles. The molecular weight excluding hydrogens is 134 g/mol. The average Bonchev–Trinajstić information content (AvgIpc) is 2.04. The summed E-state index contributed by atoms with van der Waals surface area (Å²) in [7, 11) is 0. The first kappa shape index (κ1) is 6.35. The van der Waals surface area contributed by atoms with Crippen LogP contribution in [0.3, 0.4) is 0 Å². The van der Waals surface area contributed by atoms with Gasteiger partial charge in [0.1, 0.15) is 0 Å². The van der Waals surface area contributed by atoms with Gasteiger partial charge in [-0.2, -0.15) is 0 Å². The number of hydrogen-bond donors (Lipinski definition) is 0. The van der Waals surface area contributed by atoms with Gasteiger partial charge in [0.05, 0.1) is 5.52 Å². The Balaban J connectivity index is 2.83. The molecule has 1 heteroatoms. The van der Waals surface area contributed by atoms with Crippen LogP contribution in [0, 0.1) is 13.0 Å². The molecule has 2 rings (SSSR count). The maximum Gasteiger partial charge on any atom is 0.0781 e. The average molecular weight is 142 g/mol. The third-order valence-electron chi connectivity index (χ3n) is 1.66. The largest absolute Gasteiger partial charge is 0.256 e. The third-order valence-corrected chi connectivity index (χ3v) is 1.66. The van der Waals surface area contributed by atoms with Crippen molar-refractivity contribution >= 4 is 10.9 Å². The number of aromatic nitrogens is 1. The summed E-state index contributed by atoms with van der Waals surface area (Å²) < 4.78 is 0. The van der Waals surface area contributed by atoms with E-state index in [0.29, 0.717) is 0 Å². The maximum absolute atomic E-state index is 4.17. The molecule has 0 spiro atoms. The van der Waals surface area contributed by atoms with Gasteiger partial charge in [0.25, 0.3) is 0 Å². The van der Waals surface area contributed by atoms with Crippen molar-refractivity contribution in [1.82, 2.24) is 4.98 Å². The highest BCUT2D eigenvalue weighted by atomic mass is 14.6. The van der Waals surface area contributed by atoms with Gasteiger partial charge in [0.2, 0.25) is 0 Å². The smallest absolute Gasteiger partial charge is 0.0781 e. The SMILES string of the molecule is Cc1c[c]c2ncccc2c1. The van der Waals surface area contributed by atoms with Crippen LogP contribution in [-0.4, -0.2) is 4.98 Å². The molecule has 0 saturated carbocycles. The molecule has 1 radical (unpaired) electrons. The van der Waals surface area contributed by atoms with Gasteiger partial charge in [-0.3, -0.25) is 4.98 Å². The molecular formula is C10H8N. The van der Waals surface area contributed by atoms with Gasteiger partial charge in [-0.15, -0.1) is 0 Å². The van der Waals surface area contributed by atoms with E-state index < -0.39 is 0 Å². The molecule has 0 bridgehead atoms. The first-order valence-electron chi connectivity index (χ1n) is 3.59. The minimum Gasteiger partial charge on any atom is -0.256 e. The normalized spacial score (nSPS) is 10.3. The Morgan fingerprint density at radius 1 is 1.45 bits per heavy atom. The molecule has 0 aliphatic carbocycles. The highest BCUT2D eigenvalue weighted by Gasteiger charge is 1.91. The lowest BCUT2D eigenvalue weighted by molar-refractivity contribution is 1.39. The van der Waals surface area contributed by atoms with Crippen LogP contribution in [0.5, 0.6) is 0 Å². The van der Waals surface area contributed by atoms with Crippen molar-refractivity contribution in [3.8, 4) is 0 Å². The number of pyridine rings is 1. The van der Waals surface area contributed by atoms with Gasteiger partial charge < -0.3 is 0 Å². The summed E-state index contributed by atoms with van der Waals surface area (Å²) in [4.78, 5) is 4.17. The zero-order valence-electron chi connectivity index (χ0n) is 6.33. The van der Waals surface area contributed by atoms with E-state index in [1.807, 2.05) is 18.2 Å². The lowest BCUT2D eigenvalue weighted by Crippen LogP contribution is -1.78. The Bertz CT molecular complexity index is 379. The minimum atomic E-state index is 0.943. The van der Waals surface area contributed by atoms with E-state index >= 15 is 0 Å². The molecule has 0 fully saturated rings. The molecule has 1 aromatic carbocycles. The predicted octanol–water partition coefficient (Wildman–Crippen LogP) is 2.34. The fourth-order valence-electron chi connectivity index (χ4n) is 1.12. The van der Waals surface area contributed by atoms with Crippen molar-refractivity contribution in [2.24, 2.45) is 0 Å². The van der Waals surface area contributed by atoms with Gasteiger partial charge in [-0.05, 0) is 30.7 Å². The van der Waals surface area contributed by atoms with Crippen LogP contribution >= 0.6 is 0 Å². The molecule has 0 aliphatic rings. The molecule has 2 aromatic rings. The van der Waals surface area contributed by atoms with Crippen LogP contribution in [0.15, 0.2) is 30.5 Å². The number of benzene rings is 1. The van der Waals surface area contributed by atoms with Gasteiger partial charge in [0, 0.05) is 17.6 Å². The summed E-state index contributed by atoms with van der Waals surface area (Å²) in [6.45, 7) is 2.06. The van der Waals surface area contributed by atoms with E-state index in [2.05, 4.69) is 24.0 Å². The number of rotatable bonds is 0. The molecule has 53 valence electrons. The molecule has 0 N–H and O–H groups in total. The lowest BCUT2D eigenvalue weighted by atomic mass is 10.1. The van der Waals surface area contributed by atoms with Gasteiger partial charge in [0.15, 0.2) is 0 Å². The van der Waals surface area contributed by atoms with E-state index in [-0.39, 0.29) is 0 Å². The zero-order valence-corrected chi connectivity index (χ0v) is 6.33. The fraction of sp³-hybridized carbons (Fsp3) is 0.100. The molecule has 0 amide bonds. The van der Waals surface area contributed by atoms with Crippen molar-refractivity contribution in [2.75, 3.05) is 0 Å². The van der Waals surface area contributed by atoms with Crippen LogP contribution in [-0.2, 0) is 0 Å². The Labute approximate surface area is 65.7 Å². The lowest BCUT2D eigenvalue weighted by Gasteiger charge is -1.95. The zero-order chi connectivity index (χ0) is 7.68.